The number of rotatable bonds is 1. The SMILES string of the molecule is O=C(C1CCCCC1)N1CCN2CCc3ccccc3[C@@H]2C1. The summed E-state index contributed by atoms with van der Waals surface area (Å²) in [7, 11) is 0. The van der Waals surface area contributed by atoms with Crippen molar-refractivity contribution < 1.29 is 4.79 Å². The van der Waals surface area contributed by atoms with Crippen LogP contribution in [0.3, 0.4) is 0 Å². The molecule has 2 fully saturated rings. The van der Waals surface area contributed by atoms with Gasteiger partial charge in [-0.3, -0.25) is 9.69 Å². The maximum absolute atomic E-state index is 12.8. The molecule has 2 heterocycles. The van der Waals surface area contributed by atoms with Crippen LogP contribution in [0.2, 0.25) is 0 Å². The number of carbonyl (C=O) groups is 1. The third-order valence-corrected chi connectivity index (χ3v) is 5.84. The molecule has 0 N–H and O–H groups in total. The molecule has 4 rings (SSSR count). The van der Waals surface area contributed by atoms with Gasteiger partial charge in [-0.25, -0.2) is 0 Å². The number of nitrogens with zero attached hydrogens (tertiary/aromatic N) is 2. The zero-order chi connectivity index (χ0) is 14.9. The summed E-state index contributed by atoms with van der Waals surface area (Å²) in [5.41, 5.74) is 2.94. The Bertz CT molecular complexity index is 550. The predicted octanol–water partition coefficient (Wildman–Crippen LogP) is 3.01. The molecule has 0 aromatic heterocycles. The van der Waals surface area contributed by atoms with E-state index in [-0.39, 0.29) is 0 Å². The van der Waals surface area contributed by atoms with Gasteiger partial charge < -0.3 is 4.90 Å². The van der Waals surface area contributed by atoms with Crippen molar-refractivity contribution in [2.45, 2.75) is 44.6 Å². The van der Waals surface area contributed by atoms with Crippen LogP contribution in [0, 0.1) is 5.92 Å². The Kier molecular flexibility index (Phi) is 3.91. The first kappa shape index (κ1) is 14.3. The van der Waals surface area contributed by atoms with Gasteiger partial charge in [-0.05, 0) is 30.4 Å². The van der Waals surface area contributed by atoms with E-state index < -0.39 is 0 Å². The van der Waals surface area contributed by atoms with Crippen LogP contribution in [0.4, 0.5) is 0 Å². The zero-order valence-electron chi connectivity index (χ0n) is 13.3. The van der Waals surface area contributed by atoms with Crippen molar-refractivity contribution in [2.24, 2.45) is 5.92 Å². The minimum Gasteiger partial charge on any atom is -0.339 e. The molecule has 0 unspecified atom stereocenters. The number of hydrogen-bond acceptors (Lipinski definition) is 2. The lowest BCUT2D eigenvalue weighted by atomic mass is 9.87. The number of benzene rings is 1. The van der Waals surface area contributed by atoms with Gasteiger partial charge in [0, 0.05) is 32.1 Å². The van der Waals surface area contributed by atoms with Crippen LogP contribution in [0.5, 0.6) is 0 Å². The molecule has 1 aliphatic carbocycles. The van der Waals surface area contributed by atoms with Crippen molar-refractivity contribution in [2.75, 3.05) is 26.2 Å². The summed E-state index contributed by atoms with van der Waals surface area (Å²) in [5, 5.41) is 0. The lowest BCUT2D eigenvalue weighted by molar-refractivity contribution is -0.139. The largest absolute Gasteiger partial charge is 0.339 e. The molecular formula is C19H26N2O. The summed E-state index contributed by atoms with van der Waals surface area (Å²) < 4.78 is 0. The predicted molar refractivity (Wildman–Crippen MR) is 87.6 cm³/mol. The molecule has 1 saturated heterocycles. The fraction of sp³-hybridized carbons (Fsp3) is 0.632. The maximum atomic E-state index is 12.8. The molecule has 0 spiro atoms. The van der Waals surface area contributed by atoms with Gasteiger partial charge in [0.15, 0.2) is 0 Å². The van der Waals surface area contributed by atoms with Crippen LogP contribution in [0.25, 0.3) is 0 Å². The quantitative estimate of drug-likeness (QED) is 0.796. The molecule has 1 aromatic carbocycles. The van der Waals surface area contributed by atoms with Crippen molar-refractivity contribution >= 4 is 5.91 Å². The van der Waals surface area contributed by atoms with E-state index in [1.54, 1.807) is 0 Å². The first-order valence-corrected chi connectivity index (χ1v) is 8.93. The molecule has 0 bridgehead atoms. The molecular weight excluding hydrogens is 272 g/mol. The van der Waals surface area contributed by atoms with Crippen molar-refractivity contribution in [1.29, 1.82) is 0 Å². The third-order valence-electron chi connectivity index (χ3n) is 5.84. The smallest absolute Gasteiger partial charge is 0.225 e. The molecule has 1 atom stereocenters. The Balaban J connectivity index is 1.51. The number of fused-ring (bicyclic) bond motifs is 3. The van der Waals surface area contributed by atoms with Gasteiger partial charge in [-0.15, -0.1) is 0 Å². The van der Waals surface area contributed by atoms with Gasteiger partial charge in [-0.1, -0.05) is 43.5 Å². The van der Waals surface area contributed by atoms with Crippen molar-refractivity contribution in [3.63, 3.8) is 0 Å². The minimum atomic E-state index is 0.305. The van der Waals surface area contributed by atoms with Crippen molar-refractivity contribution in [1.82, 2.24) is 9.80 Å². The highest BCUT2D eigenvalue weighted by Crippen LogP contribution is 2.34. The molecule has 3 nitrogen and oxygen atoms in total. The van der Waals surface area contributed by atoms with E-state index in [9.17, 15) is 4.79 Å². The fourth-order valence-corrected chi connectivity index (χ4v) is 4.54. The van der Waals surface area contributed by atoms with Gasteiger partial charge in [-0.2, -0.15) is 0 Å². The second-order valence-electron chi connectivity index (χ2n) is 7.12. The van der Waals surface area contributed by atoms with Gasteiger partial charge in [0.25, 0.3) is 0 Å². The zero-order valence-corrected chi connectivity index (χ0v) is 13.3. The van der Waals surface area contributed by atoms with Gasteiger partial charge in [0.1, 0.15) is 0 Å². The Morgan fingerprint density at radius 2 is 1.82 bits per heavy atom. The first-order valence-electron chi connectivity index (χ1n) is 8.93. The topological polar surface area (TPSA) is 23.6 Å². The van der Waals surface area contributed by atoms with Crippen molar-refractivity contribution in [3.05, 3.63) is 35.4 Å². The molecule has 1 amide bonds. The van der Waals surface area contributed by atoms with Gasteiger partial charge >= 0.3 is 0 Å². The molecule has 22 heavy (non-hydrogen) atoms. The molecule has 3 heteroatoms. The van der Waals surface area contributed by atoms with E-state index in [0.29, 0.717) is 17.9 Å². The first-order chi connectivity index (χ1) is 10.8. The lowest BCUT2D eigenvalue weighted by Gasteiger charge is -2.45. The van der Waals surface area contributed by atoms with Crippen molar-refractivity contribution in [3.8, 4) is 0 Å². The molecule has 3 aliphatic rings. The summed E-state index contributed by atoms with van der Waals surface area (Å²) >= 11 is 0. The highest BCUT2D eigenvalue weighted by Gasteiger charge is 2.36. The van der Waals surface area contributed by atoms with Gasteiger partial charge in [0.05, 0.1) is 6.04 Å². The van der Waals surface area contributed by atoms with E-state index >= 15 is 0 Å². The molecule has 1 saturated carbocycles. The highest BCUT2D eigenvalue weighted by atomic mass is 16.2. The number of piperazine rings is 1. The van der Waals surface area contributed by atoms with E-state index in [2.05, 4.69) is 34.1 Å². The summed E-state index contributed by atoms with van der Waals surface area (Å²) in [6, 6.07) is 9.23. The second-order valence-corrected chi connectivity index (χ2v) is 7.12. The van der Waals surface area contributed by atoms with E-state index in [4.69, 9.17) is 0 Å². The van der Waals surface area contributed by atoms with Crippen LogP contribution >= 0.6 is 0 Å². The average Bonchev–Trinajstić information content (AvgIpc) is 2.61. The van der Waals surface area contributed by atoms with Gasteiger partial charge in [0.2, 0.25) is 5.91 Å². The number of amides is 1. The second kappa shape index (κ2) is 6.04. The lowest BCUT2D eigenvalue weighted by Crippen LogP contribution is -2.53. The summed E-state index contributed by atoms with van der Waals surface area (Å²) in [4.78, 5) is 17.6. The molecule has 1 aromatic rings. The molecule has 2 aliphatic heterocycles. The van der Waals surface area contributed by atoms with Crippen LogP contribution in [0.1, 0.15) is 49.3 Å². The van der Waals surface area contributed by atoms with Crippen LogP contribution in [-0.2, 0) is 11.2 Å². The normalized spacial score (nSPS) is 26.4. The monoisotopic (exact) mass is 298 g/mol. The Morgan fingerprint density at radius 3 is 2.68 bits per heavy atom. The number of hydrogen-bond donors (Lipinski definition) is 0. The van der Waals surface area contributed by atoms with E-state index in [0.717, 1.165) is 45.4 Å². The maximum Gasteiger partial charge on any atom is 0.225 e. The molecule has 118 valence electrons. The average molecular weight is 298 g/mol. The summed E-state index contributed by atoms with van der Waals surface area (Å²) in [6.07, 6.45) is 7.17. The minimum absolute atomic E-state index is 0.305. The Morgan fingerprint density at radius 1 is 1.00 bits per heavy atom. The summed E-state index contributed by atoms with van der Waals surface area (Å²) in [5.74, 6) is 0.738. The Labute approximate surface area is 133 Å². The van der Waals surface area contributed by atoms with Crippen LogP contribution < -0.4 is 0 Å². The van der Waals surface area contributed by atoms with Crippen LogP contribution in [-0.4, -0.2) is 41.9 Å². The third kappa shape index (κ3) is 2.56. The standard InChI is InChI=1S/C19H26N2O/c22-19(16-7-2-1-3-8-16)21-13-12-20-11-10-15-6-4-5-9-17(15)18(20)14-21/h4-6,9,16,18H,1-3,7-8,10-14H2/t18-/m0/s1. The van der Waals surface area contributed by atoms with E-state index in [1.165, 1.54) is 30.4 Å². The van der Waals surface area contributed by atoms with E-state index in [1.807, 2.05) is 0 Å². The highest BCUT2D eigenvalue weighted by molar-refractivity contribution is 5.79. The summed E-state index contributed by atoms with van der Waals surface area (Å²) in [6.45, 7) is 4.00. The Hall–Kier alpha value is -1.35. The number of carbonyl (C=O) groups excluding carboxylic acids is 1. The molecule has 0 radical (unpaired) electrons. The van der Waals surface area contributed by atoms with Crippen LogP contribution in [0.15, 0.2) is 24.3 Å². The fourth-order valence-electron chi connectivity index (χ4n) is 4.54.